The molecule has 0 saturated carbocycles. The van der Waals surface area contributed by atoms with Crippen molar-refractivity contribution in [3.8, 4) is 0 Å². The molecule has 1 unspecified atom stereocenters. The molecule has 26 heavy (non-hydrogen) atoms. The number of anilines is 2. The second-order valence-corrected chi connectivity index (χ2v) is 7.50. The summed E-state index contributed by atoms with van der Waals surface area (Å²) < 4.78 is 63.1. The van der Waals surface area contributed by atoms with Gasteiger partial charge in [0.2, 0.25) is 27.7 Å². The van der Waals surface area contributed by atoms with Gasteiger partial charge in [-0.15, -0.1) is 0 Å². The topological polar surface area (TPSA) is 96.9 Å². The summed E-state index contributed by atoms with van der Waals surface area (Å²) in [6, 6.07) is 9.35. The van der Waals surface area contributed by atoms with Gasteiger partial charge in [0.1, 0.15) is 0 Å². The molecular formula is C15H18F3N5O2S. The fraction of sp³-hybridized carbons (Fsp3) is 0.400. The summed E-state index contributed by atoms with van der Waals surface area (Å²) in [5.74, 6) is -2.51. The van der Waals surface area contributed by atoms with Crippen molar-refractivity contribution in [2.24, 2.45) is 0 Å². The number of rotatable bonds is 7. The highest BCUT2D eigenvalue weighted by molar-refractivity contribution is 7.91. The highest BCUT2D eigenvalue weighted by Gasteiger charge is 2.36. The number of aromatic nitrogens is 3. The van der Waals surface area contributed by atoms with Gasteiger partial charge < -0.3 is 5.32 Å². The lowest BCUT2D eigenvalue weighted by atomic mass is 10.1. The molecule has 0 amide bonds. The van der Waals surface area contributed by atoms with E-state index in [4.69, 9.17) is 0 Å². The molecular weight excluding hydrogens is 371 g/mol. The predicted octanol–water partition coefficient (Wildman–Crippen LogP) is 2.70. The highest BCUT2D eigenvalue weighted by Crippen LogP contribution is 2.27. The Kier molecular flexibility index (Phi) is 6.01. The van der Waals surface area contributed by atoms with E-state index < -0.39 is 28.0 Å². The molecule has 7 nitrogen and oxygen atoms in total. The molecule has 2 aromatic rings. The Hall–Kier alpha value is -2.43. The largest absolute Gasteiger partial charge is 0.451 e. The van der Waals surface area contributed by atoms with Crippen LogP contribution < -0.4 is 10.0 Å². The van der Waals surface area contributed by atoms with Gasteiger partial charge in [-0.25, -0.2) is 8.42 Å². The van der Waals surface area contributed by atoms with Crippen LogP contribution >= 0.6 is 0 Å². The van der Waals surface area contributed by atoms with E-state index in [0.717, 1.165) is 11.8 Å². The molecule has 11 heteroatoms. The maximum atomic E-state index is 12.9. The molecule has 0 bridgehead atoms. The minimum absolute atomic E-state index is 0.246. The number of alkyl halides is 3. The van der Waals surface area contributed by atoms with E-state index in [-0.39, 0.29) is 12.0 Å². The third kappa shape index (κ3) is 6.47. The van der Waals surface area contributed by atoms with Crippen LogP contribution in [0.25, 0.3) is 0 Å². The Morgan fingerprint density at radius 2 is 1.69 bits per heavy atom. The molecule has 1 heterocycles. The molecule has 0 aliphatic carbocycles. The monoisotopic (exact) mass is 389 g/mol. The summed E-state index contributed by atoms with van der Waals surface area (Å²) in [5.41, 5.74) is 1.09. The molecule has 0 fully saturated rings. The van der Waals surface area contributed by atoms with Crippen molar-refractivity contribution in [3.63, 3.8) is 0 Å². The van der Waals surface area contributed by atoms with Gasteiger partial charge in [-0.05, 0) is 25.3 Å². The molecule has 142 valence electrons. The molecule has 2 rings (SSSR count). The van der Waals surface area contributed by atoms with E-state index in [2.05, 4.69) is 20.3 Å². The van der Waals surface area contributed by atoms with E-state index in [1.54, 1.807) is 6.92 Å². The number of nitrogens with zero attached hydrogens (tertiary/aromatic N) is 3. The molecule has 1 atom stereocenters. The second kappa shape index (κ2) is 7.85. The number of hydrogen-bond donors (Lipinski definition) is 2. The van der Waals surface area contributed by atoms with Gasteiger partial charge in [-0.1, -0.05) is 30.3 Å². The first-order chi connectivity index (χ1) is 12.0. The molecule has 0 aliphatic heterocycles. The molecule has 0 radical (unpaired) electrons. The van der Waals surface area contributed by atoms with Crippen LogP contribution in [0.3, 0.4) is 0 Å². The lowest BCUT2D eigenvalue weighted by Crippen LogP contribution is -2.23. The molecule has 0 aliphatic rings. The van der Waals surface area contributed by atoms with Gasteiger partial charge in [-0.2, -0.15) is 28.1 Å². The van der Waals surface area contributed by atoms with Crippen LogP contribution in [0, 0.1) is 0 Å². The Bertz CT molecular complexity index is 844. The average molecular weight is 389 g/mol. The minimum Gasteiger partial charge on any atom is -0.352 e. The maximum Gasteiger partial charge on any atom is 0.451 e. The summed E-state index contributed by atoms with van der Waals surface area (Å²) in [7, 11) is -3.83. The van der Waals surface area contributed by atoms with Crippen molar-refractivity contribution in [2.45, 2.75) is 32.0 Å². The fourth-order valence-electron chi connectivity index (χ4n) is 2.10. The molecule has 1 aromatic heterocycles. The Labute approximate surface area is 149 Å². The number of hydrogen-bond acceptors (Lipinski definition) is 6. The standard InChI is InChI=1S/C15H18F3N5O2S/c1-10(8-9-11-6-4-3-5-7-11)19-13-20-12(15(16,17)18)21-14(22-13)23-26(2,24)25/h3-7,10H,8-9H2,1-2H3,(H2,19,20,21,22,23). The van der Waals surface area contributed by atoms with Crippen LogP contribution in [0.1, 0.15) is 24.7 Å². The predicted molar refractivity (Wildman–Crippen MR) is 91.1 cm³/mol. The maximum absolute atomic E-state index is 12.9. The first-order valence-electron chi connectivity index (χ1n) is 7.64. The van der Waals surface area contributed by atoms with Crippen molar-refractivity contribution in [3.05, 3.63) is 41.7 Å². The lowest BCUT2D eigenvalue weighted by Gasteiger charge is -2.15. The van der Waals surface area contributed by atoms with E-state index in [1.165, 1.54) is 0 Å². The molecule has 1 aromatic carbocycles. The second-order valence-electron chi connectivity index (χ2n) is 5.75. The van der Waals surface area contributed by atoms with Crippen molar-refractivity contribution < 1.29 is 21.6 Å². The first kappa shape index (κ1) is 19.9. The third-order valence-corrected chi connectivity index (χ3v) is 3.80. The Morgan fingerprint density at radius 1 is 1.08 bits per heavy atom. The van der Waals surface area contributed by atoms with Crippen LogP contribution in [0.15, 0.2) is 30.3 Å². The smallest absolute Gasteiger partial charge is 0.352 e. The van der Waals surface area contributed by atoms with Gasteiger partial charge in [-0.3, -0.25) is 4.72 Å². The zero-order valence-corrected chi connectivity index (χ0v) is 14.9. The van der Waals surface area contributed by atoms with Gasteiger partial charge in [0.05, 0.1) is 6.26 Å². The summed E-state index contributed by atoms with van der Waals surface area (Å²) in [5, 5.41) is 2.75. The van der Waals surface area contributed by atoms with E-state index in [9.17, 15) is 21.6 Å². The van der Waals surface area contributed by atoms with Crippen LogP contribution in [-0.2, 0) is 22.6 Å². The average Bonchev–Trinajstić information content (AvgIpc) is 2.51. The third-order valence-electron chi connectivity index (χ3n) is 3.25. The summed E-state index contributed by atoms with van der Waals surface area (Å²) in [6.07, 6.45) is -2.72. The van der Waals surface area contributed by atoms with Crippen LogP contribution in [0.2, 0.25) is 0 Å². The Balaban J connectivity index is 2.14. The minimum atomic E-state index is -4.83. The van der Waals surface area contributed by atoms with E-state index in [1.807, 2.05) is 35.1 Å². The number of nitrogens with one attached hydrogen (secondary N) is 2. The van der Waals surface area contributed by atoms with E-state index >= 15 is 0 Å². The Morgan fingerprint density at radius 3 is 2.27 bits per heavy atom. The molecule has 0 spiro atoms. The van der Waals surface area contributed by atoms with E-state index in [0.29, 0.717) is 12.8 Å². The van der Waals surface area contributed by atoms with Crippen molar-refractivity contribution >= 4 is 21.9 Å². The SMILES string of the molecule is CC(CCc1ccccc1)Nc1nc(NS(C)(=O)=O)nc(C(F)(F)F)n1. The number of sulfonamides is 1. The lowest BCUT2D eigenvalue weighted by molar-refractivity contribution is -0.144. The van der Waals surface area contributed by atoms with Crippen LogP contribution in [-0.4, -0.2) is 35.7 Å². The first-order valence-corrected chi connectivity index (χ1v) is 9.53. The summed E-state index contributed by atoms with van der Waals surface area (Å²) in [4.78, 5) is 10.2. The number of aryl methyl sites for hydroxylation is 1. The fourth-order valence-corrected chi connectivity index (χ4v) is 2.52. The van der Waals surface area contributed by atoms with Crippen molar-refractivity contribution in [1.82, 2.24) is 15.0 Å². The highest BCUT2D eigenvalue weighted by atomic mass is 32.2. The summed E-state index contributed by atoms with van der Waals surface area (Å²) in [6.45, 7) is 1.77. The zero-order chi connectivity index (χ0) is 19.4. The number of benzene rings is 1. The van der Waals surface area contributed by atoms with Crippen LogP contribution in [0.4, 0.5) is 25.1 Å². The van der Waals surface area contributed by atoms with Crippen molar-refractivity contribution in [1.29, 1.82) is 0 Å². The molecule has 0 saturated heterocycles. The van der Waals surface area contributed by atoms with Gasteiger partial charge >= 0.3 is 6.18 Å². The van der Waals surface area contributed by atoms with Crippen molar-refractivity contribution in [2.75, 3.05) is 16.3 Å². The van der Waals surface area contributed by atoms with Gasteiger partial charge in [0.15, 0.2) is 0 Å². The van der Waals surface area contributed by atoms with Gasteiger partial charge in [0.25, 0.3) is 0 Å². The summed E-state index contributed by atoms with van der Waals surface area (Å²) >= 11 is 0. The normalized spacial score (nSPS) is 13.3. The zero-order valence-electron chi connectivity index (χ0n) is 14.1. The molecule has 2 N–H and O–H groups in total. The van der Waals surface area contributed by atoms with Gasteiger partial charge in [0, 0.05) is 6.04 Å². The van der Waals surface area contributed by atoms with Crippen LogP contribution in [0.5, 0.6) is 0 Å². The quantitative estimate of drug-likeness (QED) is 0.756. The number of halogens is 3.